The Morgan fingerprint density at radius 1 is 1.07 bits per heavy atom. The Morgan fingerprint density at radius 2 is 1.77 bits per heavy atom. The van der Waals surface area contributed by atoms with Crippen molar-refractivity contribution in [1.29, 1.82) is 0 Å². The fourth-order valence-electron chi connectivity index (χ4n) is 4.67. The molecule has 2 aliphatic rings. The highest BCUT2D eigenvalue weighted by atomic mass is 16.6. The maximum absolute atomic E-state index is 12.7. The third-order valence-electron chi connectivity index (χ3n) is 6.14. The monoisotopic (exact) mass is 411 g/mol. The van der Waals surface area contributed by atoms with E-state index in [9.17, 15) is 9.90 Å². The van der Waals surface area contributed by atoms with Gasteiger partial charge in [0.15, 0.2) is 0 Å². The van der Waals surface area contributed by atoms with Crippen LogP contribution in [0.25, 0.3) is 0 Å². The molecule has 0 spiro atoms. The minimum absolute atomic E-state index is 0.0221. The van der Waals surface area contributed by atoms with E-state index >= 15 is 0 Å². The van der Waals surface area contributed by atoms with Crippen molar-refractivity contribution in [2.45, 2.75) is 56.4 Å². The van der Waals surface area contributed by atoms with Crippen LogP contribution in [-0.4, -0.2) is 47.5 Å². The molecule has 1 N–H and O–H groups in total. The number of ether oxygens (including phenoxy) is 3. The highest BCUT2D eigenvalue weighted by Gasteiger charge is 2.49. The number of methoxy groups -OCH3 is 1. The summed E-state index contributed by atoms with van der Waals surface area (Å²) in [5.41, 5.74) is 0.155. The number of hydrogen-bond donors (Lipinski definition) is 1. The van der Waals surface area contributed by atoms with Crippen LogP contribution in [0.5, 0.6) is 11.5 Å². The zero-order valence-electron chi connectivity index (χ0n) is 17.3. The first kappa shape index (κ1) is 20.5. The van der Waals surface area contributed by atoms with Gasteiger partial charge in [0.25, 0.3) is 0 Å². The molecule has 0 saturated carbocycles. The average Bonchev–Trinajstić information content (AvgIpc) is 3.05. The van der Waals surface area contributed by atoms with Crippen molar-refractivity contribution in [2.75, 3.05) is 13.7 Å². The molecule has 4 rings (SSSR count). The SMILES string of the molecule is COc1cccc(OCCC2(O)CC3CCC(C2)N3C(=O)OCc2ccccc2)c1. The van der Waals surface area contributed by atoms with Crippen LogP contribution in [0.3, 0.4) is 0 Å². The molecule has 1 amide bonds. The van der Waals surface area contributed by atoms with Crippen molar-refractivity contribution >= 4 is 6.09 Å². The van der Waals surface area contributed by atoms with Gasteiger partial charge >= 0.3 is 6.09 Å². The number of amides is 1. The van der Waals surface area contributed by atoms with Gasteiger partial charge < -0.3 is 24.2 Å². The highest BCUT2D eigenvalue weighted by molar-refractivity contribution is 5.69. The van der Waals surface area contributed by atoms with Crippen LogP contribution in [-0.2, 0) is 11.3 Å². The number of benzene rings is 2. The zero-order chi connectivity index (χ0) is 21.0. The summed E-state index contributed by atoms with van der Waals surface area (Å²) >= 11 is 0. The zero-order valence-corrected chi connectivity index (χ0v) is 17.3. The third kappa shape index (κ3) is 4.70. The predicted octanol–water partition coefficient (Wildman–Crippen LogP) is 4.16. The molecule has 30 heavy (non-hydrogen) atoms. The van der Waals surface area contributed by atoms with Gasteiger partial charge in [-0.25, -0.2) is 4.79 Å². The van der Waals surface area contributed by atoms with Gasteiger partial charge in [-0.05, 0) is 43.4 Å². The normalized spacial score (nSPS) is 25.1. The summed E-state index contributed by atoms with van der Waals surface area (Å²) in [7, 11) is 1.62. The van der Waals surface area contributed by atoms with E-state index in [0.717, 1.165) is 29.9 Å². The molecular weight excluding hydrogens is 382 g/mol. The van der Waals surface area contributed by atoms with Crippen LogP contribution in [0.15, 0.2) is 54.6 Å². The summed E-state index contributed by atoms with van der Waals surface area (Å²) in [4.78, 5) is 14.5. The van der Waals surface area contributed by atoms with Crippen molar-refractivity contribution < 1.29 is 24.1 Å². The molecule has 2 heterocycles. The van der Waals surface area contributed by atoms with Crippen molar-refractivity contribution in [3.8, 4) is 11.5 Å². The maximum Gasteiger partial charge on any atom is 0.410 e. The molecule has 0 radical (unpaired) electrons. The topological polar surface area (TPSA) is 68.2 Å². The summed E-state index contributed by atoms with van der Waals surface area (Å²) < 4.78 is 16.6. The lowest BCUT2D eigenvalue weighted by molar-refractivity contribution is -0.0597. The number of rotatable bonds is 7. The highest BCUT2D eigenvalue weighted by Crippen LogP contribution is 2.42. The molecule has 2 unspecified atom stereocenters. The smallest absolute Gasteiger partial charge is 0.410 e. The van der Waals surface area contributed by atoms with E-state index in [2.05, 4.69) is 0 Å². The van der Waals surface area contributed by atoms with Crippen LogP contribution >= 0.6 is 0 Å². The van der Waals surface area contributed by atoms with Crippen LogP contribution in [0, 0.1) is 0 Å². The molecule has 6 nitrogen and oxygen atoms in total. The number of carbonyl (C=O) groups excluding carboxylic acids is 1. The molecule has 0 aromatic heterocycles. The van der Waals surface area contributed by atoms with E-state index in [1.54, 1.807) is 7.11 Å². The standard InChI is InChI=1S/C24H29NO5/c1-28-21-8-5-9-22(14-21)29-13-12-24(27)15-19-10-11-20(16-24)25(19)23(26)30-17-18-6-3-2-4-7-18/h2-9,14,19-20,27H,10-13,15-17H2,1H3. The van der Waals surface area contributed by atoms with Crippen LogP contribution in [0.4, 0.5) is 4.79 Å². The number of hydrogen-bond acceptors (Lipinski definition) is 5. The molecule has 160 valence electrons. The molecule has 2 aliphatic heterocycles. The van der Waals surface area contributed by atoms with Crippen molar-refractivity contribution in [3.05, 3.63) is 60.2 Å². The minimum atomic E-state index is -0.819. The molecule has 2 bridgehead atoms. The average molecular weight is 411 g/mol. The lowest BCUT2D eigenvalue weighted by Gasteiger charge is -2.43. The fraction of sp³-hybridized carbons (Fsp3) is 0.458. The van der Waals surface area contributed by atoms with E-state index in [4.69, 9.17) is 14.2 Å². The van der Waals surface area contributed by atoms with Crippen molar-refractivity contribution in [3.63, 3.8) is 0 Å². The molecule has 2 atom stereocenters. The Bertz CT molecular complexity index is 842. The Morgan fingerprint density at radius 3 is 2.47 bits per heavy atom. The number of fused-ring (bicyclic) bond motifs is 2. The van der Waals surface area contributed by atoms with Gasteiger partial charge in [-0.1, -0.05) is 36.4 Å². The third-order valence-corrected chi connectivity index (χ3v) is 6.14. The number of piperidine rings is 1. The van der Waals surface area contributed by atoms with Gasteiger partial charge in [-0.3, -0.25) is 0 Å². The second-order valence-electron chi connectivity index (χ2n) is 8.24. The molecule has 2 aromatic rings. The summed E-state index contributed by atoms with van der Waals surface area (Å²) in [6.45, 7) is 0.690. The molecular formula is C24H29NO5. The van der Waals surface area contributed by atoms with Gasteiger partial charge in [0, 0.05) is 24.6 Å². The lowest BCUT2D eigenvalue weighted by atomic mass is 9.84. The van der Waals surface area contributed by atoms with Crippen molar-refractivity contribution in [1.82, 2.24) is 4.90 Å². The van der Waals surface area contributed by atoms with Crippen molar-refractivity contribution in [2.24, 2.45) is 0 Å². The van der Waals surface area contributed by atoms with Gasteiger partial charge in [0.2, 0.25) is 0 Å². The first-order valence-corrected chi connectivity index (χ1v) is 10.5. The first-order valence-electron chi connectivity index (χ1n) is 10.5. The van der Waals surface area contributed by atoms with E-state index in [-0.39, 0.29) is 24.8 Å². The second-order valence-corrected chi connectivity index (χ2v) is 8.24. The van der Waals surface area contributed by atoms with Crippen LogP contribution < -0.4 is 9.47 Å². The lowest BCUT2D eigenvalue weighted by Crippen LogP contribution is -2.53. The summed E-state index contributed by atoms with van der Waals surface area (Å²) in [6.07, 6.45) is 3.19. The second kappa shape index (κ2) is 8.96. The Hall–Kier alpha value is -2.73. The quantitative estimate of drug-likeness (QED) is 0.741. The number of carbonyl (C=O) groups is 1. The minimum Gasteiger partial charge on any atom is -0.497 e. The van der Waals surface area contributed by atoms with E-state index in [0.29, 0.717) is 25.9 Å². The number of aliphatic hydroxyl groups is 1. The molecule has 2 aromatic carbocycles. The Kier molecular flexibility index (Phi) is 6.13. The summed E-state index contributed by atoms with van der Waals surface area (Å²) in [5.74, 6) is 1.47. The van der Waals surface area contributed by atoms with Crippen LogP contribution in [0.2, 0.25) is 0 Å². The van der Waals surface area contributed by atoms with Crippen LogP contribution in [0.1, 0.15) is 37.7 Å². The Balaban J connectivity index is 1.29. The van der Waals surface area contributed by atoms with Gasteiger partial charge in [0.05, 0.1) is 19.3 Å². The van der Waals surface area contributed by atoms with E-state index < -0.39 is 5.60 Å². The van der Waals surface area contributed by atoms with E-state index in [1.807, 2.05) is 59.5 Å². The molecule has 2 saturated heterocycles. The molecule has 6 heteroatoms. The Labute approximate surface area is 177 Å². The van der Waals surface area contributed by atoms with E-state index in [1.165, 1.54) is 0 Å². The summed E-state index contributed by atoms with van der Waals surface area (Å²) in [6, 6.07) is 17.2. The largest absolute Gasteiger partial charge is 0.497 e. The maximum atomic E-state index is 12.7. The molecule has 0 aliphatic carbocycles. The predicted molar refractivity (Wildman–Crippen MR) is 113 cm³/mol. The van der Waals surface area contributed by atoms with Gasteiger partial charge in [-0.2, -0.15) is 0 Å². The van der Waals surface area contributed by atoms with Gasteiger partial charge in [0.1, 0.15) is 18.1 Å². The first-order chi connectivity index (χ1) is 14.6. The number of nitrogens with zero attached hydrogens (tertiary/aromatic N) is 1. The fourth-order valence-corrected chi connectivity index (χ4v) is 4.67. The molecule has 2 fully saturated rings. The summed E-state index contributed by atoms with van der Waals surface area (Å²) in [5, 5.41) is 11.2. The van der Waals surface area contributed by atoms with Gasteiger partial charge in [-0.15, -0.1) is 0 Å².